The number of aromatic nitrogens is 3. The molecule has 0 aliphatic carbocycles. The van der Waals surface area contributed by atoms with Gasteiger partial charge in [0.05, 0.1) is 16.9 Å². The molecule has 0 saturated carbocycles. The summed E-state index contributed by atoms with van der Waals surface area (Å²) in [5, 5.41) is 0.861. The van der Waals surface area contributed by atoms with Gasteiger partial charge in [-0.05, 0) is 6.07 Å². The van der Waals surface area contributed by atoms with Crippen LogP contribution in [0.25, 0.3) is 11.3 Å². The van der Waals surface area contributed by atoms with Gasteiger partial charge in [-0.25, -0.2) is 9.97 Å². The standard InChI is InChI=1S/C8H6Cl2N4/c9-5-1-7(10)12-2-4(5)6-3-13-8(11)14-6/h1-3H,(H3,11,13,14). The van der Waals surface area contributed by atoms with E-state index in [0.717, 1.165) is 11.3 Å². The van der Waals surface area contributed by atoms with E-state index < -0.39 is 0 Å². The Morgan fingerprint density at radius 3 is 2.57 bits per heavy atom. The molecule has 2 aromatic rings. The van der Waals surface area contributed by atoms with Gasteiger partial charge in [-0.15, -0.1) is 0 Å². The number of pyridine rings is 1. The van der Waals surface area contributed by atoms with E-state index in [1.807, 2.05) is 0 Å². The molecule has 0 bridgehead atoms. The average Bonchev–Trinajstić information content (AvgIpc) is 2.51. The number of nitrogens with zero attached hydrogens (tertiary/aromatic N) is 2. The molecule has 6 heteroatoms. The molecular weight excluding hydrogens is 223 g/mol. The summed E-state index contributed by atoms with van der Waals surface area (Å²) in [4.78, 5) is 10.6. The summed E-state index contributed by atoms with van der Waals surface area (Å²) in [6.45, 7) is 0. The van der Waals surface area contributed by atoms with Gasteiger partial charge >= 0.3 is 0 Å². The Kier molecular flexibility index (Phi) is 2.31. The third-order valence-corrected chi connectivity index (χ3v) is 2.23. The number of nitrogens with one attached hydrogen (secondary N) is 1. The fraction of sp³-hybridized carbons (Fsp3) is 0. The number of hydrogen-bond donors (Lipinski definition) is 2. The first kappa shape index (κ1) is 9.30. The van der Waals surface area contributed by atoms with Crippen LogP contribution in [0.3, 0.4) is 0 Å². The molecule has 72 valence electrons. The lowest BCUT2D eigenvalue weighted by Crippen LogP contribution is -1.86. The Morgan fingerprint density at radius 1 is 1.21 bits per heavy atom. The van der Waals surface area contributed by atoms with E-state index in [2.05, 4.69) is 15.0 Å². The number of nitrogen functional groups attached to an aromatic ring is 1. The minimum Gasteiger partial charge on any atom is -0.369 e. The molecule has 0 aliphatic heterocycles. The van der Waals surface area contributed by atoms with Crippen molar-refractivity contribution in [1.29, 1.82) is 0 Å². The van der Waals surface area contributed by atoms with E-state index in [0.29, 0.717) is 16.1 Å². The minimum atomic E-state index is 0.339. The first-order chi connectivity index (χ1) is 6.66. The summed E-state index contributed by atoms with van der Waals surface area (Å²) in [5.74, 6) is 0.339. The molecular formula is C8H6Cl2N4. The summed E-state index contributed by atoms with van der Waals surface area (Å²) >= 11 is 11.6. The van der Waals surface area contributed by atoms with Crippen LogP contribution in [0, 0.1) is 0 Å². The highest BCUT2D eigenvalue weighted by atomic mass is 35.5. The quantitative estimate of drug-likeness (QED) is 0.737. The van der Waals surface area contributed by atoms with Gasteiger partial charge in [-0.2, -0.15) is 0 Å². The predicted molar refractivity (Wildman–Crippen MR) is 56.3 cm³/mol. The number of H-pyrrole nitrogens is 1. The van der Waals surface area contributed by atoms with Crippen molar-refractivity contribution in [2.75, 3.05) is 5.73 Å². The summed E-state index contributed by atoms with van der Waals surface area (Å²) in [6, 6.07) is 1.56. The van der Waals surface area contributed by atoms with Gasteiger partial charge in [0.1, 0.15) is 5.15 Å². The third kappa shape index (κ3) is 1.66. The molecule has 2 aromatic heterocycles. The van der Waals surface area contributed by atoms with Crippen molar-refractivity contribution >= 4 is 29.2 Å². The average molecular weight is 229 g/mol. The summed E-state index contributed by atoms with van der Waals surface area (Å²) in [6.07, 6.45) is 3.16. The van der Waals surface area contributed by atoms with Gasteiger partial charge in [0, 0.05) is 11.8 Å². The number of halogens is 2. The number of nitrogens with two attached hydrogens (primary N) is 1. The Balaban J connectivity index is 2.52. The molecule has 4 nitrogen and oxygen atoms in total. The van der Waals surface area contributed by atoms with Gasteiger partial charge in [0.15, 0.2) is 5.95 Å². The molecule has 0 radical (unpaired) electrons. The molecule has 14 heavy (non-hydrogen) atoms. The maximum atomic E-state index is 5.96. The number of rotatable bonds is 1. The van der Waals surface area contributed by atoms with E-state index in [1.54, 1.807) is 18.5 Å². The van der Waals surface area contributed by atoms with Gasteiger partial charge in [0.25, 0.3) is 0 Å². The lowest BCUT2D eigenvalue weighted by molar-refractivity contribution is 1.30. The van der Waals surface area contributed by atoms with E-state index in [4.69, 9.17) is 28.9 Å². The molecule has 0 spiro atoms. The molecule has 0 aliphatic rings. The van der Waals surface area contributed by atoms with E-state index in [1.165, 1.54) is 0 Å². The van der Waals surface area contributed by atoms with Crippen molar-refractivity contribution in [3.63, 3.8) is 0 Å². The zero-order chi connectivity index (χ0) is 10.1. The summed E-state index contributed by atoms with van der Waals surface area (Å²) < 4.78 is 0. The number of imidazole rings is 1. The summed E-state index contributed by atoms with van der Waals surface area (Å²) in [7, 11) is 0. The first-order valence-electron chi connectivity index (χ1n) is 3.78. The highest BCUT2D eigenvalue weighted by molar-refractivity contribution is 6.35. The predicted octanol–water partition coefficient (Wildman–Crippen LogP) is 2.36. The Labute approximate surface area is 90.1 Å². The minimum absolute atomic E-state index is 0.339. The van der Waals surface area contributed by atoms with Gasteiger partial charge in [0.2, 0.25) is 0 Å². The molecule has 0 aromatic carbocycles. The molecule has 0 saturated heterocycles. The van der Waals surface area contributed by atoms with Crippen LogP contribution in [0.2, 0.25) is 10.2 Å². The molecule has 0 amide bonds. The fourth-order valence-electron chi connectivity index (χ4n) is 1.08. The third-order valence-electron chi connectivity index (χ3n) is 1.71. The zero-order valence-corrected chi connectivity index (χ0v) is 8.47. The molecule has 0 fully saturated rings. The maximum Gasteiger partial charge on any atom is 0.197 e. The van der Waals surface area contributed by atoms with E-state index >= 15 is 0 Å². The number of hydrogen-bond acceptors (Lipinski definition) is 3. The number of aromatic amines is 1. The van der Waals surface area contributed by atoms with E-state index in [9.17, 15) is 0 Å². The Bertz CT molecular complexity index is 466. The van der Waals surface area contributed by atoms with Crippen LogP contribution in [-0.2, 0) is 0 Å². The van der Waals surface area contributed by atoms with Crippen LogP contribution in [0.4, 0.5) is 5.95 Å². The van der Waals surface area contributed by atoms with E-state index in [-0.39, 0.29) is 0 Å². The van der Waals surface area contributed by atoms with Crippen molar-refractivity contribution in [3.05, 3.63) is 28.6 Å². The van der Waals surface area contributed by atoms with Crippen molar-refractivity contribution in [3.8, 4) is 11.3 Å². The lowest BCUT2D eigenvalue weighted by Gasteiger charge is -2.00. The monoisotopic (exact) mass is 228 g/mol. The van der Waals surface area contributed by atoms with Gasteiger partial charge in [-0.3, -0.25) is 0 Å². The highest BCUT2D eigenvalue weighted by Crippen LogP contribution is 2.27. The fourth-order valence-corrected chi connectivity index (χ4v) is 1.55. The topological polar surface area (TPSA) is 67.6 Å². The van der Waals surface area contributed by atoms with Gasteiger partial charge in [-0.1, -0.05) is 23.2 Å². The normalized spacial score (nSPS) is 10.4. The SMILES string of the molecule is Nc1ncc(-c2cnc(Cl)cc2Cl)[nH]1. The second-order valence-corrected chi connectivity index (χ2v) is 3.46. The van der Waals surface area contributed by atoms with Crippen LogP contribution in [0.5, 0.6) is 0 Å². The van der Waals surface area contributed by atoms with Crippen molar-refractivity contribution in [1.82, 2.24) is 15.0 Å². The molecule has 0 unspecified atom stereocenters. The molecule has 2 heterocycles. The second kappa shape index (κ2) is 3.48. The number of anilines is 1. The molecule has 0 atom stereocenters. The van der Waals surface area contributed by atoms with Crippen LogP contribution < -0.4 is 5.73 Å². The van der Waals surface area contributed by atoms with Crippen molar-refractivity contribution in [2.45, 2.75) is 0 Å². The molecule has 3 N–H and O–H groups in total. The zero-order valence-electron chi connectivity index (χ0n) is 6.96. The first-order valence-corrected chi connectivity index (χ1v) is 4.54. The molecule has 2 rings (SSSR count). The second-order valence-electron chi connectivity index (χ2n) is 2.67. The van der Waals surface area contributed by atoms with Crippen LogP contribution >= 0.6 is 23.2 Å². The largest absolute Gasteiger partial charge is 0.369 e. The maximum absolute atomic E-state index is 5.96. The smallest absolute Gasteiger partial charge is 0.197 e. The van der Waals surface area contributed by atoms with Crippen molar-refractivity contribution in [2.24, 2.45) is 0 Å². The Hall–Kier alpha value is -1.26. The Morgan fingerprint density at radius 2 is 2.00 bits per heavy atom. The van der Waals surface area contributed by atoms with Crippen LogP contribution in [-0.4, -0.2) is 15.0 Å². The van der Waals surface area contributed by atoms with Crippen molar-refractivity contribution < 1.29 is 0 Å². The van der Waals surface area contributed by atoms with Crippen LogP contribution in [0.1, 0.15) is 0 Å². The van der Waals surface area contributed by atoms with Gasteiger partial charge < -0.3 is 10.7 Å². The summed E-state index contributed by atoms with van der Waals surface area (Å²) in [5.41, 5.74) is 6.88. The lowest BCUT2D eigenvalue weighted by atomic mass is 10.2. The van der Waals surface area contributed by atoms with Crippen LogP contribution in [0.15, 0.2) is 18.5 Å². The highest BCUT2D eigenvalue weighted by Gasteiger charge is 2.07.